The van der Waals surface area contributed by atoms with E-state index in [-0.39, 0.29) is 22.2 Å². The minimum atomic E-state index is -4.54. The average Bonchev–Trinajstić information content (AvgIpc) is 3.05. The lowest BCUT2D eigenvalue weighted by Crippen LogP contribution is -2.17. The van der Waals surface area contributed by atoms with Gasteiger partial charge in [-0.2, -0.15) is 13.2 Å². The van der Waals surface area contributed by atoms with Crippen molar-refractivity contribution < 1.29 is 13.2 Å². The van der Waals surface area contributed by atoms with Gasteiger partial charge in [0.1, 0.15) is 12.0 Å². The monoisotopic (exact) mass is 371 g/mol. The molecular weight excluding hydrogens is 355 g/mol. The number of alkyl halides is 3. The molecule has 2 aromatic rings. The highest BCUT2D eigenvalue weighted by molar-refractivity contribution is 6.31. The topological polar surface area (TPSA) is 75.9 Å². The molecule has 0 bridgehead atoms. The second kappa shape index (κ2) is 6.95. The van der Waals surface area contributed by atoms with E-state index in [0.717, 1.165) is 31.7 Å². The summed E-state index contributed by atoms with van der Waals surface area (Å²) < 4.78 is 38.9. The van der Waals surface area contributed by atoms with Crippen molar-refractivity contribution in [1.29, 1.82) is 0 Å². The van der Waals surface area contributed by atoms with Gasteiger partial charge >= 0.3 is 6.18 Å². The first-order valence-corrected chi connectivity index (χ1v) is 8.23. The minimum absolute atomic E-state index is 0.189. The quantitative estimate of drug-likeness (QED) is 0.717. The van der Waals surface area contributed by atoms with Gasteiger partial charge in [0.05, 0.1) is 10.6 Å². The van der Waals surface area contributed by atoms with Crippen LogP contribution in [0.2, 0.25) is 5.02 Å². The Kier molecular flexibility index (Phi) is 4.89. The Labute approximate surface area is 147 Å². The fourth-order valence-corrected chi connectivity index (χ4v) is 3.06. The van der Waals surface area contributed by atoms with E-state index in [2.05, 4.69) is 20.6 Å². The van der Waals surface area contributed by atoms with Gasteiger partial charge in [-0.3, -0.25) is 0 Å². The molecule has 0 aliphatic heterocycles. The second-order valence-electron chi connectivity index (χ2n) is 5.93. The number of halogens is 4. The largest absolute Gasteiger partial charge is 0.417 e. The van der Waals surface area contributed by atoms with E-state index >= 15 is 0 Å². The molecule has 4 N–H and O–H groups in total. The molecule has 1 heterocycles. The molecule has 1 saturated carbocycles. The number of rotatable bonds is 4. The summed E-state index contributed by atoms with van der Waals surface area (Å²) in [5, 5.41) is 5.70. The zero-order valence-corrected chi connectivity index (χ0v) is 14.0. The third-order valence-electron chi connectivity index (χ3n) is 4.11. The van der Waals surface area contributed by atoms with Gasteiger partial charge in [-0.05, 0) is 31.0 Å². The van der Waals surface area contributed by atoms with Crippen molar-refractivity contribution in [2.75, 3.05) is 16.4 Å². The van der Waals surface area contributed by atoms with Gasteiger partial charge in [-0.15, -0.1) is 0 Å². The first-order valence-electron chi connectivity index (χ1n) is 7.85. The van der Waals surface area contributed by atoms with Crippen molar-refractivity contribution in [3.63, 3.8) is 0 Å². The van der Waals surface area contributed by atoms with Gasteiger partial charge in [-0.1, -0.05) is 24.4 Å². The van der Waals surface area contributed by atoms with Crippen molar-refractivity contribution in [3.8, 4) is 0 Å². The third-order valence-corrected chi connectivity index (χ3v) is 4.44. The smallest absolute Gasteiger partial charge is 0.393 e. The maximum atomic E-state index is 13.0. The summed E-state index contributed by atoms with van der Waals surface area (Å²) in [7, 11) is 0. The van der Waals surface area contributed by atoms with Gasteiger partial charge in [-0.25, -0.2) is 9.97 Å². The molecule has 1 aromatic carbocycles. The minimum Gasteiger partial charge on any atom is -0.393 e. The van der Waals surface area contributed by atoms with Gasteiger partial charge in [0.25, 0.3) is 0 Å². The van der Waals surface area contributed by atoms with Crippen molar-refractivity contribution in [1.82, 2.24) is 9.97 Å². The Morgan fingerprint density at radius 1 is 1.12 bits per heavy atom. The molecule has 5 nitrogen and oxygen atoms in total. The number of aromatic nitrogens is 2. The Bertz CT molecular complexity index is 760. The van der Waals surface area contributed by atoms with Crippen LogP contribution in [0.15, 0.2) is 24.5 Å². The van der Waals surface area contributed by atoms with Crippen LogP contribution in [0.3, 0.4) is 0 Å². The molecule has 0 saturated heterocycles. The Morgan fingerprint density at radius 3 is 2.48 bits per heavy atom. The zero-order chi connectivity index (χ0) is 18.0. The van der Waals surface area contributed by atoms with Crippen molar-refractivity contribution in [3.05, 3.63) is 35.1 Å². The molecule has 1 aliphatic rings. The molecule has 0 spiro atoms. The van der Waals surface area contributed by atoms with E-state index in [4.69, 9.17) is 17.3 Å². The highest BCUT2D eigenvalue weighted by Gasteiger charge is 2.33. The normalized spacial score (nSPS) is 15.4. The number of hydrogen-bond acceptors (Lipinski definition) is 5. The standard InChI is InChI=1S/C16H17ClF3N5/c17-12-6-5-10(7-11(12)16(18,19)20)25-15-13(21)14(22-8-23-15)24-9-3-1-2-4-9/h5-9H,1-4,21H2,(H2,22,23,24,25). The first-order chi connectivity index (χ1) is 11.8. The predicted octanol–water partition coefficient (Wildman–Crippen LogP) is 4.83. The van der Waals surface area contributed by atoms with E-state index in [9.17, 15) is 13.2 Å². The molecule has 1 fully saturated rings. The zero-order valence-electron chi connectivity index (χ0n) is 13.2. The Balaban J connectivity index is 1.83. The Hall–Kier alpha value is -2.22. The number of nitrogens with two attached hydrogens (primary N) is 1. The number of nitrogen functional groups attached to an aromatic ring is 1. The van der Waals surface area contributed by atoms with Gasteiger partial charge in [0, 0.05) is 11.7 Å². The molecular formula is C16H17ClF3N5. The van der Waals surface area contributed by atoms with E-state index in [1.807, 2.05) is 0 Å². The maximum Gasteiger partial charge on any atom is 0.417 e. The molecule has 0 radical (unpaired) electrons. The van der Waals surface area contributed by atoms with E-state index < -0.39 is 11.7 Å². The number of nitrogens with zero attached hydrogens (tertiary/aromatic N) is 2. The first kappa shape index (κ1) is 17.6. The SMILES string of the molecule is Nc1c(Nc2ccc(Cl)c(C(F)(F)F)c2)ncnc1NC1CCCC1. The van der Waals surface area contributed by atoms with E-state index in [0.29, 0.717) is 11.9 Å². The summed E-state index contributed by atoms with van der Waals surface area (Å²) >= 11 is 5.63. The summed E-state index contributed by atoms with van der Waals surface area (Å²) in [6.45, 7) is 0. The van der Waals surface area contributed by atoms with Crippen LogP contribution in [0.25, 0.3) is 0 Å². The van der Waals surface area contributed by atoms with Crippen LogP contribution in [0, 0.1) is 0 Å². The van der Waals surface area contributed by atoms with Crippen LogP contribution in [0.4, 0.5) is 36.2 Å². The molecule has 1 aliphatic carbocycles. The molecule has 134 valence electrons. The number of hydrogen-bond donors (Lipinski definition) is 3. The van der Waals surface area contributed by atoms with Crippen LogP contribution < -0.4 is 16.4 Å². The van der Waals surface area contributed by atoms with Gasteiger partial charge < -0.3 is 16.4 Å². The second-order valence-corrected chi connectivity index (χ2v) is 6.33. The molecule has 9 heteroatoms. The fraction of sp³-hybridized carbons (Fsp3) is 0.375. The third kappa shape index (κ3) is 4.07. The van der Waals surface area contributed by atoms with Crippen LogP contribution in [-0.2, 0) is 6.18 Å². The molecule has 0 atom stereocenters. The fourth-order valence-electron chi connectivity index (χ4n) is 2.83. The molecule has 1 aromatic heterocycles. The van der Waals surface area contributed by atoms with E-state index in [1.165, 1.54) is 18.5 Å². The molecule has 0 unspecified atom stereocenters. The number of anilines is 4. The Morgan fingerprint density at radius 2 is 1.80 bits per heavy atom. The van der Waals surface area contributed by atoms with Crippen LogP contribution in [-0.4, -0.2) is 16.0 Å². The summed E-state index contributed by atoms with van der Waals surface area (Å²) in [5.74, 6) is 0.723. The lowest BCUT2D eigenvalue weighted by molar-refractivity contribution is -0.137. The van der Waals surface area contributed by atoms with Crippen LogP contribution in [0.1, 0.15) is 31.2 Å². The molecule has 3 rings (SSSR count). The van der Waals surface area contributed by atoms with Crippen molar-refractivity contribution >= 4 is 34.6 Å². The molecule has 25 heavy (non-hydrogen) atoms. The van der Waals surface area contributed by atoms with Crippen LogP contribution in [0.5, 0.6) is 0 Å². The lowest BCUT2D eigenvalue weighted by atomic mass is 10.2. The van der Waals surface area contributed by atoms with Crippen molar-refractivity contribution in [2.24, 2.45) is 0 Å². The maximum absolute atomic E-state index is 13.0. The summed E-state index contributed by atoms with van der Waals surface area (Å²) in [4.78, 5) is 8.15. The van der Waals surface area contributed by atoms with Crippen LogP contribution >= 0.6 is 11.6 Å². The number of nitrogens with one attached hydrogen (secondary N) is 2. The highest BCUT2D eigenvalue weighted by atomic mass is 35.5. The van der Waals surface area contributed by atoms with Gasteiger partial charge in [0.2, 0.25) is 0 Å². The summed E-state index contributed by atoms with van der Waals surface area (Å²) in [6, 6.07) is 3.84. The summed E-state index contributed by atoms with van der Waals surface area (Å²) in [6.07, 6.45) is 1.16. The number of benzene rings is 1. The van der Waals surface area contributed by atoms with E-state index in [1.54, 1.807) is 0 Å². The predicted molar refractivity (Wildman–Crippen MR) is 92.1 cm³/mol. The summed E-state index contributed by atoms with van der Waals surface area (Å²) in [5.41, 5.74) is 5.60. The lowest BCUT2D eigenvalue weighted by Gasteiger charge is -2.17. The van der Waals surface area contributed by atoms with Gasteiger partial charge in [0.15, 0.2) is 11.6 Å². The average molecular weight is 372 g/mol. The van der Waals surface area contributed by atoms with Crippen molar-refractivity contribution in [2.45, 2.75) is 37.9 Å². The molecule has 0 amide bonds. The highest BCUT2D eigenvalue weighted by Crippen LogP contribution is 2.37.